The van der Waals surface area contributed by atoms with Gasteiger partial charge < -0.3 is 5.11 Å². The summed E-state index contributed by atoms with van der Waals surface area (Å²) in [5.41, 5.74) is 1.19. The van der Waals surface area contributed by atoms with Crippen LogP contribution in [0.15, 0.2) is 29.2 Å². The fourth-order valence-electron chi connectivity index (χ4n) is 3.13. The molecule has 1 N–H and O–H groups in total. The minimum absolute atomic E-state index is 0.0579. The number of aliphatic hydroxyl groups is 1. The molecule has 1 saturated heterocycles. The molecular formula is C16H20ClN3O2. The second-order valence-electron chi connectivity index (χ2n) is 6.44. The van der Waals surface area contributed by atoms with E-state index in [-0.39, 0.29) is 17.6 Å². The summed E-state index contributed by atoms with van der Waals surface area (Å²) >= 11 is 5.91. The predicted octanol–water partition coefficient (Wildman–Crippen LogP) is 1.94. The molecule has 1 atom stereocenters. The highest BCUT2D eigenvalue weighted by atomic mass is 35.5. The molecule has 0 spiro atoms. The summed E-state index contributed by atoms with van der Waals surface area (Å²) in [6.07, 6.45) is 3.67. The van der Waals surface area contributed by atoms with E-state index in [1.807, 2.05) is 0 Å². The average molecular weight is 322 g/mol. The summed E-state index contributed by atoms with van der Waals surface area (Å²) in [6, 6.07) is 5.05. The third-order valence-electron chi connectivity index (χ3n) is 4.30. The summed E-state index contributed by atoms with van der Waals surface area (Å²) in [5.74, 6) is 0. The van der Waals surface area contributed by atoms with E-state index in [9.17, 15) is 9.90 Å². The molecule has 0 aliphatic carbocycles. The molecule has 1 unspecified atom stereocenters. The average Bonchev–Trinajstić information content (AvgIpc) is 2.48. The molecule has 1 aliphatic heterocycles. The van der Waals surface area contributed by atoms with Gasteiger partial charge in [0.2, 0.25) is 0 Å². The summed E-state index contributed by atoms with van der Waals surface area (Å²) in [7, 11) is 0. The van der Waals surface area contributed by atoms with Gasteiger partial charge in [0.25, 0.3) is 5.56 Å². The first-order valence-corrected chi connectivity index (χ1v) is 7.88. The molecule has 3 rings (SSSR count). The number of pyridine rings is 1. The second kappa shape index (κ2) is 5.99. The van der Waals surface area contributed by atoms with E-state index < -0.39 is 0 Å². The van der Waals surface area contributed by atoms with Crippen LogP contribution >= 0.6 is 11.6 Å². The lowest BCUT2D eigenvalue weighted by Crippen LogP contribution is -2.43. The van der Waals surface area contributed by atoms with Crippen molar-refractivity contribution < 1.29 is 5.11 Å². The fourth-order valence-corrected chi connectivity index (χ4v) is 3.29. The lowest BCUT2D eigenvalue weighted by molar-refractivity contribution is 0.0424. The molecule has 6 heteroatoms. The molecule has 0 bridgehead atoms. The number of aromatic nitrogens is 2. The van der Waals surface area contributed by atoms with Crippen molar-refractivity contribution in [2.24, 2.45) is 5.41 Å². The molecule has 1 fully saturated rings. The zero-order valence-corrected chi connectivity index (χ0v) is 13.4. The van der Waals surface area contributed by atoms with E-state index in [1.54, 1.807) is 24.4 Å². The quantitative estimate of drug-likeness (QED) is 0.938. The molecule has 2 aromatic heterocycles. The predicted molar refractivity (Wildman–Crippen MR) is 86.2 cm³/mol. The molecule has 118 valence electrons. The van der Waals surface area contributed by atoms with Gasteiger partial charge in [-0.2, -0.15) is 0 Å². The monoisotopic (exact) mass is 321 g/mol. The Morgan fingerprint density at radius 3 is 3.05 bits per heavy atom. The van der Waals surface area contributed by atoms with Crippen LogP contribution in [0.4, 0.5) is 0 Å². The maximum atomic E-state index is 12.2. The van der Waals surface area contributed by atoms with Crippen LogP contribution in [0.25, 0.3) is 5.65 Å². The molecule has 22 heavy (non-hydrogen) atoms. The van der Waals surface area contributed by atoms with Gasteiger partial charge in [-0.25, -0.2) is 4.98 Å². The van der Waals surface area contributed by atoms with Crippen molar-refractivity contribution >= 4 is 17.2 Å². The number of likely N-dealkylation sites (tertiary alicyclic amines) is 1. The standard InChI is InChI=1S/C16H20ClN3O2/c1-16(11-21)5-2-6-19(10-16)9-13-7-15(22)20-8-12(17)3-4-14(20)18-13/h3-4,7-8,21H,2,5-6,9-11H2,1H3. The van der Waals surface area contributed by atoms with E-state index in [2.05, 4.69) is 16.8 Å². The van der Waals surface area contributed by atoms with E-state index in [0.717, 1.165) is 31.6 Å². The molecule has 0 saturated carbocycles. The first kappa shape index (κ1) is 15.5. The summed E-state index contributed by atoms with van der Waals surface area (Å²) in [6.45, 7) is 4.71. The molecule has 1 aliphatic rings. The SMILES string of the molecule is CC1(CO)CCCN(Cc2cc(=O)n3cc(Cl)ccc3n2)C1. The number of aliphatic hydroxyl groups excluding tert-OH is 1. The van der Waals surface area contributed by atoms with Crippen LogP contribution in [0.2, 0.25) is 5.02 Å². The number of fused-ring (bicyclic) bond motifs is 1. The highest BCUT2D eigenvalue weighted by molar-refractivity contribution is 6.30. The van der Waals surface area contributed by atoms with Crippen molar-refractivity contribution in [2.45, 2.75) is 26.3 Å². The van der Waals surface area contributed by atoms with E-state index >= 15 is 0 Å². The van der Waals surface area contributed by atoms with Gasteiger partial charge in [-0.15, -0.1) is 0 Å². The number of piperidine rings is 1. The number of rotatable bonds is 3. The highest BCUT2D eigenvalue weighted by Gasteiger charge is 2.30. The number of hydrogen-bond donors (Lipinski definition) is 1. The molecule has 2 aromatic rings. The third kappa shape index (κ3) is 3.16. The van der Waals surface area contributed by atoms with Crippen molar-refractivity contribution in [3.8, 4) is 0 Å². The molecule has 0 amide bonds. The Morgan fingerprint density at radius 2 is 2.27 bits per heavy atom. The van der Waals surface area contributed by atoms with Gasteiger partial charge in [-0.1, -0.05) is 18.5 Å². The normalized spacial score (nSPS) is 23.0. The zero-order chi connectivity index (χ0) is 15.7. The van der Waals surface area contributed by atoms with E-state index in [4.69, 9.17) is 11.6 Å². The Kier molecular flexibility index (Phi) is 4.21. The lowest BCUT2D eigenvalue weighted by Gasteiger charge is -2.39. The Morgan fingerprint density at radius 1 is 1.45 bits per heavy atom. The van der Waals surface area contributed by atoms with Gasteiger partial charge in [0.1, 0.15) is 5.65 Å². The molecular weight excluding hydrogens is 302 g/mol. The van der Waals surface area contributed by atoms with Gasteiger partial charge in [-0.05, 0) is 31.5 Å². The Bertz CT molecular complexity index is 746. The molecule has 0 aromatic carbocycles. The Labute approximate surface area is 134 Å². The minimum atomic E-state index is -0.121. The molecule has 0 radical (unpaired) electrons. The van der Waals surface area contributed by atoms with Crippen molar-refractivity contribution in [2.75, 3.05) is 19.7 Å². The number of nitrogens with zero attached hydrogens (tertiary/aromatic N) is 3. The molecule has 5 nitrogen and oxygen atoms in total. The number of hydrogen-bond acceptors (Lipinski definition) is 4. The van der Waals surface area contributed by atoms with Crippen molar-refractivity contribution in [1.82, 2.24) is 14.3 Å². The summed E-state index contributed by atoms with van der Waals surface area (Å²) in [4.78, 5) is 19.0. The van der Waals surface area contributed by atoms with Gasteiger partial charge in [0, 0.05) is 37.4 Å². The van der Waals surface area contributed by atoms with Crippen molar-refractivity contribution in [1.29, 1.82) is 0 Å². The van der Waals surface area contributed by atoms with Crippen LogP contribution < -0.4 is 5.56 Å². The van der Waals surface area contributed by atoms with Crippen LogP contribution in [0.3, 0.4) is 0 Å². The largest absolute Gasteiger partial charge is 0.396 e. The van der Waals surface area contributed by atoms with Gasteiger partial charge in [-0.3, -0.25) is 14.1 Å². The number of halogens is 1. The molecule has 3 heterocycles. The van der Waals surface area contributed by atoms with Crippen molar-refractivity contribution in [3.63, 3.8) is 0 Å². The van der Waals surface area contributed by atoms with Crippen LogP contribution in [0.5, 0.6) is 0 Å². The van der Waals surface area contributed by atoms with Crippen LogP contribution in [-0.4, -0.2) is 39.1 Å². The zero-order valence-electron chi connectivity index (χ0n) is 12.6. The van der Waals surface area contributed by atoms with Gasteiger partial charge >= 0.3 is 0 Å². The van der Waals surface area contributed by atoms with Gasteiger partial charge in [0.15, 0.2) is 0 Å². The summed E-state index contributed by atoms with van der Waals surface area (Å²) in [5, 5.41) is 10.1. The first-order chi connectivity index (χ1) is 10.5. The smallest absolute Gasteiger partial charge is 0.258 e. The van der Waals surface area contributed by atoms with Crippen molar-refractivity contribution in [3.05, 3.63) is 45.5 Å². The lowest BCUT2D eigenvalue weighted by atomic mass is 9.83. The third-order valence-corrected chi connectivity index (χ3v) is 4.53. The van der Waals surface area contributed by atoms with Crippen LogP contribution in [0.1, 0.15) is 25.5 Å². The van der Waals surface area contributed by atoms with Gasteiger partial charge in [0.05, 0.1) is 10.7 Å². The maximum absolute atomic E-state index is 12.2. The fraction of sp³-hybridized carbons (Fsp3) is 0.500. The maximum Gasteiger partial charge on any atom is 0.258 e. The minimum Gasteiger partial charge on any atom is -0.396 e. The Balaban J connectivity index is 1.85. The van der Waals surface area contributed by atoms with Crippen LogP contribution in [0, 0.1) is 5.41 Å². The second-order valence-corrected chi connectivity index (χ2v) is 6.88. The van der Waals surface area contributed by atoms with E-state index in [0.29, 0.717) is 17.2 Å². The highest BCUT2D eigenvalue weighted by Crippen LogP contribution is 2.29. The summed E-state index contributed by atoms with van der Waals surface area (Å²) < 4.78 is 1.46. The Hall–Kier alpha value is -1.43. The first-order valence-electron chi connectivity index (χ1n) is 7.50. The van der Waals surface area contributed by atoms with E-state index in [1.165, 1.54) is 4.40 Å². The topological polar surface area (TPSA) is 57.8 Å². The van der Waals surface area contributed by atoms with Crippen LogP contribution in [-0.2, 0) is 6.54 Å².